The summed E-state index contributed by atoms with van der Waals surface area (Å²) < 4.78 is 36.0. The van der Waals surface area contributed by atoms with E-state index in [2.05, 4.69) is 41.0 Å². The average molecular weight is 579 g/mol. The van der Waals surface area contributed by atoms with E-state index in [9.17, 15) is 18.0 Å². The molecule has 0 spiro atoms. The third-order valence-corrected chi connectivity index (χ3v) is 10.1. The second-order valence-electron chi connectivity index (χ2n) is 12.5. The van der Waals surface area contributed by atoms with Gasteiger partial charge in [-0.3, -0.25) is 9.59 Å². The molecule has 2 aliphatic rings. The van der Waals surface area contributed by atoms with Gasteiger partial charge in [0.1, 0.15) is 22.4 Å². The van der Waals surface area contributed by atoms with Crippen LogP contribution in [-0.2, 0) is 23.6 Å². The van der Waals surface area contributed by atoms with Crippen molar-refractivity contribution in [3.05, 3.63) is 63.6 Å². The molecule has 0 radical (unpaired) electrons. The molecule has 2 heterocycles. The number of nitrogens with one attached hydrogen (secondary N) is 2. The second-order valence-corrected chi connectivity index (χ2v) is 14.5. The number of nitriles is 1. The van der Waals surface area contributed by atoms with Gasteiger partial charge in [-0.05, 0) is 61.3 Å². The summed E-state index contributed by atoms with van der Waals surface area (Å²) in [4.78, 5) is 26.1. The van der Waals surface area contributed by atoms with E-state index < -0.39 is 31.8 Å². The van der Waals surface area contributed by atoms with Gasteiger partial charge >= 0.3 is 0 Å². The number of hydrogen-bond donors (Lipinski definition) is 2. The number of carbonyl (C=O) groups excluding carboxylic acids is 1. The molecule has 41 heavy (non-hydrogen) atoms. The first-order chi connectivity index (χ1) is 19.3. The molecule has 0 saturated heterocycles. The fourth-order valence-electron chi connectivity index (χ4n) is 5.26. The van der Waals surface area contributed by atoms with Crippen LogP contribution >= 0.6 is 0 Å². The van der Waals surface area contributed by atoms with E-state index in [-0.39, 0.29) is 30.0 Å². The summed E-state index contributed by atoms with van der Waals surface area (Å²) in [5, 5.41) is 20.1. The normalized spacial score (nSPS) is 17.0. The monoisotopic (exact) mass is 578 g/mol. The van der Waals surface area contributed by atoms with Gasteiger partial charge in [0.2, 0.25) is 10.0 Å². The Morgan fingerprint density at radius 1 is 1.17 bits per heavy atom. The molecule has 0 atom stereocenters. The summed E-state index contributed by atoms with van der Waals surface area (Å²) in [6.45, 7) is 6.36. The van der Waals surface area contributed by atoms with Crippen molar-refractivity contribution >= 4 is 26.8 Å². The molecule has 0 aliphatic heterocycles. The minimum atomic E-state index is -3.67. The lowest BCUT2D eigenvalue weighted by Gasteiger charge is -2.28. The summed E-state index contributed by atoms with van der Waals surface area (Å²) in [5.74, 6) is -0.529. The highest BCUT2D eigenvalue weighted by Gasteiger charge is 2.59. The lowest BCUT2D eigenvalue weighted by atomic mass is 9.87. The van der Waals surface area contributed by atoms with Crippen LogP contribution in [0.15, 0.2) is 41.3 Å². The fraction of sp³-hybridized carbons (Fsp3) is 0.483. The number of aromatic nitrogens is 3. The highest BCUT2D eigenvalue weighted by molar-refractivity contribution is 7.91. The molecular formula is C29H34N6O5S. The van der Waals surface area contributed by atoms with E-state index in [1.54, 1.807) is 24.3 Å². The molecular weight excluding hydrogens is 544 g/mol. The lowest BCUT2D eigenvalue weighted by Crippen LogP contribution is -2.47. The van der Waals surface area contributed by atoms with Crippen molar-refractivity contribution in [3.63, 3.8) is 0 Å². The van der Waals surface area contributed by atoms with Crippen LogP contribution in [0.3, 0.4) is 0 Å². The molecule has 5 rings (SSSR count). The number of nitrogens with zero attached hydrogens (tertiary/aromatic N) is 4. The van der Waals surface area contributed by atoms with Gasteiger partial charge in [-0.15, -0.1) is 5.10 Å². The van der Waals surface area contributed by atoms with Crippen LogP contribution in [0.2, 0.25) is 0 Å². The van der Waals surface area contributed by atoms with Crippen molar-refractivity contribution in [2.75, 3.05) is 6.61 Å². The smallest absolute Gasteiger partial charge is 0.263 e. The maximum atomic E-state index is 13.4. The molecule has 2 fully saturated rings. The number of pyridine rings is 1. The van der Waals surface area contributed by atoms with Crippen LogP contribution in [0.5, 0.6) is 5.88 Å². The molecule has 1 aromatic carbocycles. The highest BCUT2D eigenvalue weighted by atomic mass is 32.2. The number of benzene rings is 1. The number of amides is 1. The van der Waals surface area contributed by atoms with E-state index in [0.717, 1.165) is 24.8 Å². The van der Waals surface area contributed by atoms with Gasteiger partial charge < -0.3 is 14.6 Å². The number of sulfonamides is 1. The highest BCUT2D eigenvalue weighted by Crippen LogP contribution is 2.49. The van der Waals surface area contributed by atoms with Crippen LogP contribution in [0.1, 0.15) is 74.4 Å². The zero-order chi connectivity index (χ0) is 29.6. The zero-order valence-corrected chi connectivity index (χ0v) is 24.5. The molecule has 0 bridgehead atoms. The van der Waals surface area contributed by atoms with Gasteiger partial charge in [0, 0.05) is 24.5 Å². The molecule has 0 unspecified atom stereocenters. The molecule has 2 aromatic heterocycles. The van der Waals surface area contributed by atoms with Crippen molar-refractivity contribution in [1.82, 2.24) is 24.8 Å². The Kier molecular flexibility index (Phi) is 7.16. The summed E-state index contributed by atoms with van der Waals surface area (Å²) in [6, 6.07) is 10.2. The Morgan fingerprint density at radius 3 is 2.44 bits per heavy atom. The predicted octanol–water partition coefficient (Wildman–Crippen LogP) is 2.93. The van der Waals surface area contributed by atoms with Crippen molar-refractivity contribution in [3.8, 4) is 11.9 Å². The average Bonchev–Trinajstić information content (AvgIpc) is 3.85. The fourth-order valence-corrected chi connectivity index (χ4v) is 7.17. The first-order valence-corrected chi connectivity index (χ1v) is 15.0. The number of rotatable bonds is 10. The van der Waals surface area contributed by atoms with Gasteiger partial charge in [0.25, 0.3) is 17.3 Å². The predicted molar refractivity (Wildman–Crippen MR) is 153 cm³/mol. The van der Waals surface area contributed by atoms with E-state index in [1.807, 2.05) is 6.07 Å². The zero-order valence-electron chi connectivity index (χ0n) is 23.7. The molecule has 12 heteroatoms. The van der Waals surface area contributed by atoms with Crippen LogP contribution in [0.4, 0.5) is 0 Å². The molecule has 3 aromatic rings. The lowest BCUT2D eigenvalue weighted by molar-refractivity contribution is 0.0949. The summed E-state index contributed by atoms with van der Waals surface area (Å²) >= 11 is 0. The Balaban J connectivity index is 1.32. The molecule has 2 N–H and O–H groups in total. The van der Waals surface area contributed by atoms with Gasteiger partial charge in [-0.2, -0.15) is 10.4 Å². The summed E-state index contributed by atoms with van der Waals surface area (Å²) in [7, 11) is -2.16. The van der Waals surface area contributed by atoms with Crippen molar-refractivity contribution in [1.29, 1.82) is 5.26 Å². The number of carbonyl (C=O) groups is 1. The summed E-state index contributed by atoms with van der Waals surface area (Å²) in [5.41, 5.74) is 0.577. The van der Waals surface area contributed by atoms with Gasteiger partial charge in [0.15, 0.2) is 0 Å². The van der Waals surface area contributed by atoms with Crippen molar-refractivity contribution in [2.24, 2.45) is 12.5 Å². The third-order valence-electron chi connectivity index (χ3n) is 7.70. The van der Waals surface area contributed by atoms with Gasteiger partial charge in [0.05, 0.1) is 17.8 Å². The van der Waals surface area contributed by atoms with Crippen LogP contribution in [0, 0.1) is 16.7 Å². The maximum Gasteiger partial charge on any atom is 0.263 e. The standard InChI is InChI=1S/C29H34N6O5S/c1-27(2,3)17-28(9-10-28)34-41(38,39)29(11-12-29)18-40-25-23-21(16-32-33-25)13-22(26(37)35(23)4)24(36)31-15-20-7-5-19(14-30)6-8-20/h5-8,13,16,34H,9-12,15,17-18H2,1-4H3,(H,31,36). The van der Waals surface area contributed by atoms with E-state index in [1.165, 1.54) is 23.9 Å². The van der Waals surface area contributed by atoms with Crippen LogP contribution in [0.25, 0.3) is 10.9 Å². The first-order valence-electron chi connectivity index (χ1n) is 13.6. The largest absolute Gasteiger partial charge is 0.473 e. The number of ether oxygens (including phenoxy) is 1. The Labute approximate surface area is 239 Å². The van der Waals surface area contributed by atoms with Crippen molar-refractivity contribution < 1.29 is 17.9 Å². The van der Waals surface area contributed by atoms with Gasteiger partial charge in [-0.1, -0.05) is 32.9 Å². The molecule has 216 valence electrons. The minimum absolute atomic E-state index is 0.00500. The van der Waals surface area contributed by atoms with Crippen LogP contribution < -0.4 is 20.3 Å². The topological polar surface area (TPSA) is 156 Å². The molecule has 2 saturated carbocycles. The quantitative estimate of drug-likeness (QED) is 0.372. The number of aryl methyl sites for hydroxylation is 1. The van der Waals surface area contributed by atoms with E-state index in [0.29, 0.717) is 29.3 Å². The maximum absolute atomic E-state index is 13.4. The van der Waals surface area contributed by atoms with Crippen LogP contribution in [-0.4, -0.2) is 46.0 Å². The SMILES string of the molecule is Cn1c(=O)c(C(=O)NCc2ccc(C#N)cc2)cc2cnnc(OCC3(S(=O)(=O)NC4(CC(C)(C)C)CC4)CC3)c21. The minimum Gasteiger partial charge on any atom is -0.473 e. The molecule has 1 amide bonds. The van der Waals surface area contributed by atoms with Crippen molar-refractivity contribution in [2.45, 2.75) is 69.7 Å². The second kappa shape index (κ2) is 10.2. The Bertz CT molecular complexity index is 1710. The Morgan fingerprint density at radius 2 is 1.85 bits per heavy atom. The summed E-state index contributed by atoms with van der Waals surface area (Å²) in [6.07, 6.45) is 4.76. The van der Waals surface area contributed by atoms with E-state index >= 15 is 0 Å². The molecule has 11 nitrogen and oxygen atoms in total. The van der Waals surface area contributed by atoms with Gasteiger partial charge in [-0.25, -0.2) is 13.1 Å². The van der Waals surface area contributed by atoms with E-state index in [4.69, 9.17) is 10.00 Å². The number of fused-ring (bicyclic) bond motifs is 1. The Hall–Kier alpha value is -3.82. The number of hydrogen-bond acceptors (Lipinski definition) is 8. The molecule has 2 aliphatic carbocycles. The third kappa shape index (κ3) is 5.96. The first kappa shape index (κ1) is 28.7.